The predicted molar refractivity (Wildman–Crippen MR) is 82.5 cm³/mol. The number of hydrogen-bond donors (Lipinski definition) is 1. The van der Waals surface area contributed by atoms with E-state index < -0.39 is 0 Å². The number of thiazole rings is 1. The summed E-state index contributed by atoms with van der Waals surface area (Å²) in [6, 6.07) is 3.99. The number of nitrogens with two attached hydrogens (primary N) is 1. The maximum atomic E-state index is 12.8. The number of furan rings is 1. The monoisotopic (exact) mass is 306 g/mol. The van der Waals surface area contributed by atoms with E-state index in [0.29, 0.717) is 17.2 Å². The summed E-state index contributed by atoms with van der Waals surface area (Å²) >= 11 is 1.33. The molecule has 0 saturated heterocycles. The number of anilines is 2. The maximum absolute atomic E-state index is 12.8. The number of amides is 1. The molecule has 0 spiro atoms. The molecule has 2 N–H and O–H groups in total. The van der Waals surface area contributed by atoms with Crippen molar-refractivity contribution in [1.82, 2.24) is 9.88 Å². The lowest BCUT2D eigenvalue weighted by molar-refractivity contribution is 0.0723. The van der Waals surface area contributed by atoms with Crippen molar-refractivity contribution in [2.24, 2.45) is 0 Å². The molecule has 2 heterocycles. The van der Waals surface area contributed by atoms with Gasteiger partial charge in [0.15, 0.2) is 5.13 Å². The fourth-order valence-electron chi connectivity index (χ4n) is 2.12. The van der Waals surface area contributed by atoms with Crippen molar-refractivity contribution < 1.29 is 9.21 Å². The van der Waals surface area contributed by atoms with Gasteiger partial charge in [0.25, 0.3) is 5.91 Å². The Kier molecular flexibility index (Phi) is 3.59. The molecular formula is C14H18N4O2S. The molecule has 0 aliphatic heterocycles. The quantitative estimate of drug-likeness (QED) is 0.916. The van der Waals surface area contributed by atoms with Crippen LogP contribution in [0.5, 0.6) is 0 Å². The van der Waals surface area contributed by atoms with Crippen LogP contribution in [0, 0.1) is 0 Å². The second-order valence-corrected chi connectivity index (χ2v) is 6.33. The van der Waals surface area contributed by atoms with Crippen LogP contribution in [0.4, 0.5) is 10.9 Å². The minimum Gasteiger partial charge on any atom is -0.467 e. The molecular weight excluding hydrogens is 288 g/mol. The first-order valence-corrected chi connectivity index (χ1v) is 7.65. The summed E-state index contributed by atoms with van der Waals surface area (Å²) in [7, 11) is 3.77. The molecule has 1 amide bonds. The third-order valence-electron chi connectivity index (χ3n) is 3.37. The molecule has 0 radical (unpaired) electrons. The molecule has 6 nitrogen and oxygen atoms in total. The highest BCUT2D eigenvalue weighted by Crippen LogP contribution is 2.34. The summed E-state index contributed by atoms with van der Waals surface area (Å²) in [5.41, 5.74) is 5.91. The Hall–Kier alpha value is -2.02. The van der Waals surface area contributed by atoms with Gasteiger partial charge in [-0.3, -0.25) is 4.79 Å². The van der Waals surface area contributed by atoms with Crippen LogP contribution >= 0.6 is 11.3 Å². The van der Waals surface area contributed by atoms with Gasteiger partial charge in [0.2, 0.25) is 0 Å². The van der Waals surface area contributed by atoms with E-state index in [9.17, 15) is 4.79 Å². The van der Waals surface area contributed by atoms with Crippen LogP contribution < -0.4 is 10.6 Å². The maximum Gasteiger partial charge on any atom is 0.268 e. The third-order valence-corrected chi connectivity index (χ3v) is 4.60. The van der Waals surface area contributed by atoms with Crippen molar-refractivity contribution in [2.45, 2.75) is 25.4 Å². The average Bonchev–Trinajstić information content (AvgIpc) is 3.00. The zero-order valence-corrected chi connectivity index (χ0v) is 12.9. The molecule has 112 valence electrons. The molecule has 0 atom stereocenters. The average molecular weight is 306 g/mol. The molecule has 1 aliphatic carbocycles. The van der Waals surface area contributed by atoms with Crippen LogP contribution in [0.1, 0.15) is 28.3 Å². The van der Waals surface area contributed by atoms with Gasteiger partial charge >= 0.3 is 0 Å². The number of nitrogens with zero attached hydrogens (tertiary/aromatic N) is 3. The van der Waals surface area contributed by atoms with Crippen LogP contribution in [-0.4, -0.2) is 35.9 Å². The van der Waals surface area contributed by atoms with Gasteiger partial charge in [-0.1, -0.05) is 11.3 Å². The van der Waals surface area contributed by atoms with Crippen LogP contribution in [0.2, 0.25) is 0 Å². The largest absolute Gasteiger partial charge is 0.467 e. The molecule has 0 bridgehead atoms. The second-order valence-electron chi connectivity index (χ2n) is 5.35. The van der Waals surface area contributed by atoms with Crippen molar-refractivity contribution in [2.75, 3.05) is 24.7 Å². The molecule has 2 aromatic heterocycles. The molecule has 2 aromatic rings. The number of aromatic nitrogens is 1. The van der Waals surface area contributed by atoms with E-state index in [1.54, 1.807) is 6.26 Å². The summed E-state index contributed by atoms with van der Waals surface area (Å²) in [4.78, 5) is 21.2. The van der Waals surface area contributed by atoms with E-state index in [2.05, 4.69) is 4.98 Å². The Balaban J connectivity index is 1.84. The van der Waals surface area contributed by atoms with Gasteiger partial charge in [0.1, 0.15) is 16.5 Å². The van der Waals surface area contributed by atoms with Gasteiger partial charge in [-0.2, -0.15) is 0 Å². The van der Waals surface area contributed by atoms with Crippen LogP contribution in [0.15, 0.2) is 22.8 Å². The summed E-state index contributed by atoms with van der Waals surface area (Å²) < 4.78 is 5.36. The van der Waals surface area contributed by atoms with E-state index in [4.69, 9.17) is 10.2 Å². The van der Waals surface area contributed by atoms with E-state index in [0.717, 1.165) is 23.7 Å². The third kappa shape index (κ3) is 2.87. The lowest BCUT2D eigenvalue weighted by Gasteiger charge is -2.20. The van der Waals surface area contributed by atoms with Crippen molar-refractivity contribution >= 4 is 28.2 Å². The Morgan fingerprint density at radius 2 is 2.29 bits per heavy atom. The molecule has 21 heavy (non-hydrogen) atoms. The molecule has 1 saturated carbocycles. The minimum absolute atomic E-state index is 0.0583. The van der Waals surface area contributed by atoms with Gasteiger partial charge in [-0.15, -0.1) is 0 Å². The highest BCUT2D eigenvalue weighted by atomic mass is 32.1. The molecule has 3 rings (SSSR count). The van der Waals surface area contributed by atoms with E-state index in [-0.39, 0.29) is 11.9 Å². The minimum atomic E-state index is -0.0583. The van der Waals surface area contributed by atoms with E-state index in [1.807, 2.05) is 36.0 Å². The number of nitrogen functional groups attached to an aromatic ring is 1. The van der Waals surface area contributed by atoms with Crippen molar-refractivity contribution in [3.8, 4) is 0 Å². The Morgan fingerprint density at radius 1 is 1.52 bits per heavy atom. The zero-order valence-electron chi connectivity index (χ0n) is 12.1. The molecule has 7 heteroatoms. The lowest BCUT2D eigenvalue weighted by atomic mass is 10.3. The highest BCUT2D eigenvalue weighted by molar-refractivity contribution is 7.18. The second kappa shape index (κ2) is 5.40. The number of rotatable bonds is 5. The fourth-order valence-corrected chi connectivity index (χ4v) is 2.98. The predicted octanol–water partition coefficient (Wildman–Crippen LogP) is 2.19. The lowest BCUT2D eigenvalue weighted by Crippen LogP contribution is -2.32. The molecule has 1 aliphatic rings. The normalized spacial score (nSPS) is 14.2. The van der Waals surface area contributed by atoms with Crippen molar-refractivity contribution in [3.05, 3.63) is 29.0 Å². The Morgan fingerprint density at radius 3 is 2.81 bits per heavy atom. The van der Waals surface area contributed by atoms with Gasteiger partial charge in [-0.05, 0) is 25.0 Å². The van der Waals surface area contributed by atoms with Crippen molar-refractivity contribution in [3.63, 3.8) is 0 Å². The van der Waals surface area contributed by atoms with Gasteiger partial charge < -0.3 is 20.0 Å². The van der Waals surface area contributed by atoms with E-state index >= 15 is 0 Å². The summed E-state index contributed by atoms with van der Waals surface area (Å²) in [6.45, 7) is 0.477. The topological polar surface area (TPSA) is 75.6 Å². The van der Waals surface area contributed by atoms with Crippen molar-refractivity contribution in [1.29, 1.82) is 0 Å². The fraction of sp³-hybridized carbons (Fsp3) is 0.429. The molecule has 0 unspecified atom stereocenters. The SMILES string of the molecule is CN(C)c1nc(N)c(C(=O)N(Cc2ccco2)C2CC2)s1. The zero-order chi connectivity index (χ0) is 15.0. The summed E-state index contributed by atoms with van der Waals surface area (Å²) in [5.74, 6) is 1.03. The Bertz CT molecular complexity index is 631. The van der Waals surface area contributed by atoms with E-state index in [1.165, 1.54) is 11.3 Å². The number of carbonyl (C=O) groups is 1. The first kappa shape index (κ1) is 13.9. The molecule has 0 aromatic carbocycles. The summed E-state index contributed by atoms with van der Waals surface area (Å²) in [5, 5.41) is 0.740. The van der Waals surface area contributed by atoms with Crippen LogP contribution in [-0.2, 0) is 6.54 Å². The summed E-state index contributed by atoms with van der Waals surface area (Å²) in [6.07, 6.45) is 3.69. The molecule has 1 fully saturated rings. The Labute approximate surface area is 127 Å². The van der Waals surface area contributed by atoms with Gasteiger partial charge in [0.05, 0.1) is 12.8 Å². The standard InChI is InChI=1S/C14H18N4O2S/c1-17(2)14-16-12(15)11(21-14)13(19)18(9-5-6-9)8-10-4-3-7-20-10/h3-4,7,9H,5-6,8,15H2,1-2H3. The van der Waals surface area contributed by atoms with Crippen LogP contribution in [0.25, 0.3) is 0 Å². The number of hydrogen-bond acceptors (Lipinski definition) is 6. The first-order valence-electron chi connectivity index (χ1n) is 6.83. The first-order chi connectivity index (χ1) is 10.1. The van der Waals surface area contributed by atoms with Crippen LogP contribution in [0.3, 0.4) is 0 Å². The smallest absolute Gasteiger partial charge is 0.268 e. The number of carbonyl (C=O) groups excluding carboxylic acids is 1. The van der Waals surface area contributed by atoms with Gasteiger partial charge in [-0.25, -0.2) is 4.98 Å². The van der Waals surface area contributed by atoms with Gasteiger partial charge in [0, 0.05) is 20.1 Å². The highest BCUT2D eigenvalue weighted by Gasteiger charge is 2.35.